The third-order valence-corrected chi connectivity index (χ3v) is 4.65. The number of para-hydroxylation sites is 1. The molecule has 1 aliphatic heterocycles. The summed E-state index contributed by atoms with van der Waals surface area (Å²) in [5, 5.41) is 12.7. The average Bonchev–Trinajstić information content (AvgIpc) is 2.75. The maximum Gasteiger partial charge on any atom is 0.547 e. The molecule has 180 valence electrons. The van der Waals surface area contributed by atoms with Crippen LogP contribution in [0.4, 0.5) is 8.78 Å². The van der Waals surface area contributed by atoms with Crippen molar-refractivity contribution in [1.29, 1.82) is 0 Å². The fourth-order valence-corrected chi connectivity index (χ4v) is 2.93. The molecule has 0 radical (unpaired) electrons. The number of ether oxygens (including phenoxy) is 3. The summed E-state index contributed by atoms with van der Waals surface area (Å²) in [6.45, 7) is 0.00478. The molecule has 2 N–H and O–H groups in total. The summed E-state index contributed by atoms with van der Waals surface area (Å²) in [6, 6.07) is 4.49. The lowest BCUT2D eigenvalue weighted by Gasteiger charge is -2.29. The van der Waals surface area contributed by atoms with Gasteiger partial charge in [0.1, 0.15) is 11.3 Å². The van der Waals surface area contributed by atoms with Gasteiger partial charge in [0.15, 0.2) is 0 Å². The quantitative estimate of drug-likeness (QED) is 0.293. The number of fused-ring (bicyclic) bond motifs is 1. The van der Waals surface area contributed by atoms with E-state index in [2.05, 4.69) is 10.1 Å². The average molecular weight is 471 g/mol. The lowest BCUT2D eigenvalue weighted by atomic mass is 9.72. The highest BCUT2D eigenvalue weighted by Gasteiger charge is 2.38. The number of hydrogen-bond acceptors (Lipinski definition) is 9. The van der Waals surface area contributed by atoms with Gasteiger partial charge in [-0.05, 0) is 25.0 Å². The molecular weight excluding hydrogens is 447 g/mol. The van der Waals surface area contributed by atoms with Crippen LogP contribution in [0.5, 0.6) is 5.75 Å². The number of amides is 1. The third-order valence-electron chi connectivity index (χ3n) is 4.65. The first kappa shape index (κ1) is 26.0. The summed E-state index contributed by atoms with van der Waals surface area (Å²) in [7, 11) is -0.354. The van der Waals surface area contributed by atoms with Gasteiger partial charge >= 0.3 is 25.0 Å². The van der Waals surface area contributed by atoms with Gasteiger partial charge in [0.05, 0.1) is 25.9 Å². The van der Waals surface area contributed by atoms with Crippen LogP contribution >= 0.6 is 0 Å². The van der Waals surface area contributed by atoms with E-state index in [1.54, 1.807) is 6.07 Å². The summed E-state index contributed by atoms with van der Waals surface area (Å²) < 4.78 is 45.2. The third kappa shape index (κ3) is 8.33. The van der Waals surface area contributed by atoms with Crippen LogP contribution in [0.2, 0.25) is 0 Å². The van der Waals surface area contributed by atoms with E-state index in [-0.39, 0.29) is 30.6 Å². The molecule has 1 aliphatic rings. The molecule has 0 fully saturated rings. The fraction of sp³-hybridized carbons (Fsp3) is 0.500. The predicted octanol–water partition coefficient (Wildman–Crippen LogP) is 1.17. The van der Waals surface area contributed by atoms with Crippen LogP contribution in [-0.4, -0.2) is 61.7 Å². The number of esters is 3. The van der Waals surface area contributed by atoms with Crippen molar-refractivity contribution >= 4 is 30.9 Å². The highest BCUT2D eigenvalue weighted by Crippen LogP contribution is 2.30. The lowest BCUT2D eigenvalue weighted by Crippen LogP contribution is -2.53. The minimum absolute atomic E-state index is 0.0256. The summed E-state index contributed by atoms with van der Waals surface area (Å²) in [5.74, 6) is -6.79. The number of rotatable bonds is 10. The number of hydrogen-bond donors (Lipinski definition) is 2. The Hall–Kier alpha value is -3.22. The maximum absolute atomic E-state index is 12.9. The summed E-state index contributed by atoms with van der Waals surface area (Å²) in [5.41, 5.74) is 0.420. The SMILES string of the molecule is COC(=O)CCC(=O)OCOC(=O)c1cccc2c1OB(O)[C@@H](NC(=O)CCC(C)(F)F)C2. The molecule has 0 saturated heterocycles. The second-order valence-electron chi connectivity index (χ2n) is 7.39. The smallest absolute Gasteiger partial charge is 0.534 e. The zero-order valence-corrected chi connectivity index (χ0v) is 18.1. The molecule has 1 atom stereocenters. The monoisotopic (exact) mass is 471 g/mol. The van der Waals surface area contributed by atoms with Crippen molar-refractivity contribution < 1.29 is 51.8 Å². The van der Waals surface area contributed by atoms with Crippen LogP contribution in [0.15, 0.2) is 18.2 Å². The molecule has 1 heterocycles. The molecule has 1 aromatic rings. The predicted molar refractivity (Wildman–Crippen MR) is 108 cm³/mol. The van der Waals surface area contributed by atoms with Crippen LogP contribution < -0.4 is 9.97 Å². The van der Waals surface area contributed by atoms with Crippen molar-refractivity contribution in [2.24, 2.45) is 0 Å². The normalized spacial score (nSPS) is 15.1. The van der Waals surface area contributed by atoms with E-state index in [0.717, 1.165) is 0 Å². The van der Waals surface area contributed by atoms with Crippen LogP contribution in [0, 0.1) is 0 Å². The molecule has 0 saturated carbocycles. The summed E-state index contributed by atoms with van der Waals surface area (Å²) in [4.78, 5) is 46.8. The number of methoxy groups -OCH3 is 1. The zero-order valence-electron chi connectivity index (χ0n) is 18.1. The molecule has 0 unspecified atom stereocenters. The van der Waals surface area contributed by atoms with Crippen molar-refractivity contribution in [3.8, 4) is 5.75 Å². The highest BCUT2D eigenvalue weighted by atomic mass is 19.3. The minimum Gasteiger partial charge on any atom is -0.534 e. The second kappa shape index (κ2) is 11.6. The summed E-state index contributed by atoms with van der Waals surface area (Å²) >= 11 is 0. The van der Waals surface area contributed by atoms with Crippen molar-refractivity contribution in [3.05, 3.63) is 29.3 Å². The standard InChI is InChI=1S/C20H24BF2NO9/c1-20(22,23)9-8-15(25)24-14-10-12-4-3-5-13(18(12)33-21(14)29)19(28)32-11-31-17(27)7-6-16(26)30-2/h3-5,14,29H,6-11H2,1-2H3,(H,24,25)/t14-/m0/s1. The first-order valence-corrected chi connectivity index (χ1v) is 10.0. The van der Waals surface area contributed by atoms with Crippen molar-refractivity contribution in [2.45, 2.75) is 50.9 Å². The van der Waals surface area contributed by atoms with Gasteiger partial charge in [-0.2, -0.15) is 0 Å². The van der Waals surface area contributed by atoms with Gasteiger partial charge in [-0.25, -0.2) is 13.6 Å². The van der Waals surface area contributed by atoms with Gasteiger partial charge < -0.3 is 29.2 Å². The Morgan fingerprint density at radius 2 is 1.88 bits per heavy atom. The van der Waals surface area contributed by atoms with Gasteiger partial charge in [-0.1, -0.05) is 12.1 Å². The topological polar surface area (TPSA) is 137 Å². The first-order valence-electron chi connectivity index (χ1n) is 10.0. The molecule has 2 rings (SSSR count). The number of carbonyl (C=O) groups is 4. The van der Waals surface area contributed by atoms with Crippen LogP contribution in [-0.2, 0) is 35.0 Å². The second-order valence-corrected chi connectivity index (χ2v) is 7.39. The molecule has 10 nitrogen and oxygen atoms in total. The number of halogens is 2. The number of carbonyl (C=O) groups excluding carboxylic acids is 4. The molecule has 1 aromatic carbocycles. The van der Waals surface area contributed by atoms with Gasteiger partial charge in [-0.3, -0.25) is 14.4 Å². The van der Waals surface area contributed by atoms with E-state index in [4.69, 9.17) is 14.1 Å². The fourth-order valence-electron chi connectivity index (χ4n) is 2.93. The number of nitrogens with one attached hydrogen (secondary N) is 1. The molecule has 0 aromatic heterocycles. The van der Waals surface area contributed by atoms with Crippen molar-refractivity contribution in [2.75, 3.05) is 13.9 Å². The van der Waals surface area contributed by atoms with E-state index in [1.165, 1.54) is 19.2 Å². The maximum atomic E-state index is 12.9. The van der Waals surface area contributed by atoms with Crippen LogP contribution in [0.25, 0.3) is 0 Å². The molecule has 0 spiro atoms. The Labute approximate surface area is 188 Å². The zero-order chi connectivity index (χ0) is 24.6. The van der Waals surface area contributed by atoms with E-state index in [9.17, 15) is 33.0 Å². The van der Waals surface area contributed by atoms with Crippen LogP contribution in [0.3, 0.4) is 0 Å². The Balaban J connectivity index is 1.92. The number of benzene rings is 1. The Morgan fingerprint density at radius 3 is 2.55 bits per heavy atom. The first-order chi connectivity index (χ1) is 15.5. The van der Waals surface area contributed by atoms with Gasteiger partial charge in [0.25, 0.3) is 0 Å². The van der Waals surface area contributed by atoms with Crippen LogP contribution in [0.1, 0.15) is 48.5 Å². The molecule has 33 heavy (non-hydrogen) atoms. The minimum atomic E-state index is -2.99. The van der Waals surface area contributed by atoms with Gasteiger partial charge in [-0.15, -0.1) is 0 Å². The van der Waals surface area contributed by atoms with Gasteiger partial charge in [0, 0.05) is 12.8 Å². The van der Waals surface area contributed by atoms with E-state index in [0.29, 0.717) is 12.5 Å². The Kier molecular flexibility index (Phi) is 9.15. The largest absolute Gasteiger partial charge is 0.547 e. The van der Waals surface area contributed by atoms with E-state index in [1.807, 2.05) is 0 Å². The molecule has 0 bridgehead atoms. The molecule has 0 aliphatic carbocycles. The molecule has 13 heteroatoms. The van der Waals surface area contributed by atoms with Gasteiger partial charge in [0.2, 0.25) is 18.6 Å². The van der Waals surface area contributed by atoms with E-state index >= 15 is 0 Å². The summed E-state index contributed by atoms with van der Waals surface area (Å²) in [6.07, 6.45) is -1.41. The Morgan fingerprint density at radius 1 is 1.18 bits per heavy atom. The highest BCUT2D eigenvalue weighted by molar-refractivity contribution is 6.47. The Bertz CT molecular complexity index is 891. The van der Waals surface area contributed by atoms with Crippen molar-refractivity contribution in [3.63, 3.8) is 0 Å². The molecular formula is C20H24BF2NO9. The molecule has 1 amide bonds. The van der Waals surface area contributed by atoms with Crippen molar-refractivity contribution in [1.82, 2.24) is 5.32 Å². The van der Waals surface area contributed by atoms with E-state index < -0.39 is 62.4 Å². The lowest BCUT2D eigenvalue weighted by molar-refractivity contribution is -0.155. The number of alkyl halides is 2.